The number of carbonyl (C=O) groups is 1. The number of thiophene rings is 1. The molecule has 1 heterocycles. The van der Waals surface area contributed by atoms with Crippen molar-refractivity contribution in [2.75, 3.05) is 35.0 Å². The number of hydrogen-bond donors (Lipinski definition) is 1. The molecule has 0 atom stereocenters. The van der Waals surface area contributed by atoms with Crippen LogP contribution in [0.5, 0.6) is 11.5 Å². The highest BCUT2D eigenvalue weighted by atomic mass is 32.1. The number of methoxy groups -OCH3 is 4. The molecular weight excluding hydrogens is 346 g/mol. The fourth-order valence-corrected chi connectivity index (χ4v) is 3.63. The van der Waals surface area contributed by atoms with E-state index in [-0.39, 0.29) is 12.9 Å². The molecule has 1 aromatic heterocycles. The second-order valence-electron chi connectivity index (χ2n) is 5.17. The Bertz CT molecular complexity index is 698. The second-order valence-corrected chi connectivity index (χ2v) is 6.30. The van der Waals surface area contributed by atoms with Gasteiger partial charge >= 0.3 is 0 Å². The molecule has 0 saturated heterocycles. The predicted octanol–water partition coefficient (Wildman–Crippen LogP) is 2.30. The minimum absolute atomic E-state index is 0.228. The third-order valence-corrected chi connectivity index (χ3v) is 4.84. The van der Waals surface area contributed by atoms with E-state index in [4.69, 9.17) is 23.7 Å². The van der Waals surface area contributed by atoms with Crippen LogP contribution < -0.4 is 14.8 Å². The fraction of sp³-hybridized carbons (Fsp3) is 0.471. The molecule has 0 aliphatic rings. The smallest absolute Gasteiger partial charge is 0.293 e. The van der Waals surface area contributed by atoms with Gasteiger partial charge in [0.05, 0.1) is 18.9 Å². The van der Waals surface area contributed by atoms with Gasteiger partial charge in [-0.15, -0.1) is 11.3 Å². The Morgan fingerprint density at radius 2 is 1.92 bits per heavy atom. The van der Waals surface area contributed by atoms with Crippen LogP contribution in [0.15, 0.2) is 12.1 Å². The van der Waals surface area contributed by atoms with E-state index in [0.29, 0.717) is 19.6 Å². The quantitative estimate of drug-likeness (QED) is 0.481. The number of hydrogen-bond acceptors (Lipinski definition) is 8. The maximum absolute atomic E-state index is 10.4. The topological polar surface area (TPSA) is 75.2 Å². The van der Waals surface area contributed by atoms with E-state index in [2.05, 4.69) is 5.32 Å². The van der Waals surface area contributed by atoms with Crippen LogP contribution in [0.2, 0.25) is 0 Å². The monoisotopic (exact) mass is 369 g/mol. The third kappa shape index (κ3) is 4.60. The molecular formula is C17H23NO6S. The summed E-state index contributed by atoms with van der Waals surface area (Å²) >= 11 is 1.51. The zero-order chi connectivity index (χ0) is 18.2. The van der Waals surface area contributed by atoms with E-state index in [1.807, 2.05) is 12.1 Å². The van der Waals surface area contributed by atoms with Crippen molar-refractivity contribution in [3.63, 3.8) is 0 Å². The summed E-state index contributed by atoms with van der Waals surface area (Å²) in [6.45, 7) is 1.77. The number of fused-ring (bicyclic) bond motifs is 1. The molecule has 0 aliphatic carbocycles. The van der Waals surface area contributed by atoms with E-state index in [1.54, 1.807) is 28.4 Å². The maximum Gasteiger partial charge on any atom is 0.293 e. The Hall–Kier alpha value is -1.87. The van der Waals surface area contributed by atoms with E-state index in [1.165, 1.54) is 11.3 Å². The fourth-order valence-electron chi connectivity index (χ4n) is 2.55. The van der Waals surface area contributed by atoms with Crippen molar-refractivity contribution in [1.29, 1.82) is 0 Å². The lowest BCUT2D eigenvalue weighted by molar-refractivity contribution is -0.129. The Balaban J connectivity index is 2.30. The van der Waals surface area contributed by atoms with Gasteiger partial charge in [0.15, 0.2) is 6.29 Å². The van der Waals surface area contributed by atoms with Crippen molar-refractivity contribution in [2.45, 2.75) is 19.4 Å². The summed E-state index contributed by atoms with van der Waals surface area (Å²) in [5, 5.41) is 4.22. The summed E-state index contributed by atoms with van der Waals surface area (Å²) in [6.07, 6.45) is -0.315. The molecule has 138 valence electrons. The van der Waals surface area contributed by atoms with Crippen LogP contribution in [-0.4, -0.2) is 47.7 Å². The number of benzene rings is 1. The van der Waals surface area contributed by atoms with E-state index in [9.17, 15) is 4.79 Å². The summed E-state index contributed by atoms with van der Waals surface area (Å²) in [5.74, 6) is 1.52. The first-order valence-electron chi connectivity index (χ1n) is 7.66. The molecule has 0 unspecified atom stereocenters. The molecule has 1 N–H and O–H groups in total. The Morgan fingerprint density at radius 3 is 2.52 bits per heavy atom. The Labute approximate surface area is 150 Å². The molecule has 8 heteroatoms. The molecule has 25 heavy (non-hydrogen) atoms. The molecule has 0 radical (unpaired) electrons. The molecule has 0 aliphatic heterocycles. The lowest BCUT2D eigenvalue weighted by Crippen LogP contribution is -2.29. The molecule has 2 rings (SSSR count). The van der Waals surface area contributed by atoms with Gasteiger partial charge in [-0.1, -0.05) is 0 Å². The number of carbonyl (C=O) groups excluding carboxylic acids is 1. The van der Waals surface area contributed by atoms with Crippen LogP contribution in [-0.2, 0) is 32.2 Å². The summed E-state index contributed by atoms with van der Waals surface area (Å²) in [7, 11) is 6.46. The molecule has 0 spiro atoms. The summed E-state index contributed by atoms with van der Waals surface area (Å²) < 4.78 is 27.3. The molecule has 7 nitrogen and oxygen atoms in total. The zero-order valence-corrected chi connectivity index (χ0v) is 15.6. The molecule has 0 amide bonds. The highest BCUT2D eigenvalue weighted by Gasteiger charge is 2.17. The number of ether oxygens (including phenoxy) is 5. The van der Waals surface area contributed by atoms with Crippen molar-refractivity contribution in [2.24, 2.45) is 0 Å². The molecule has 0 saturated carbocycles. The first-order valence-corrected chi connectivity index (χ1v) is 8.47. The summed E-state index contributed by atoms with van der Waals surface area (Å²) in [6, 6.07) is 3.91. The van der Waals surface area contributed by atoms with Crippen molar-refractivity contribution in [3.8, 4) is 11.5 Å². The van der Waals surface area contributed by atoms with Gasteiger partial charge in [-0.3, -0.25) is 4.79 Å². The minimum Gasteiger partial charge on any atom is -0.496 e. The highest BCUT2D eigenvalue weighted by Crippen LogP contribution is 2.42. The summed E-state index contributed by atoms with van der Waals surface area (Å²) in [4.78, 5) is 11.3. The van der Waals surface area contributed by atoms with Gasteiger partial charge in [-0.2, -0.15) is 0 Å². The van der Waals surface area contributed by atoms with Gasteiger partial charge in [0.1, 0.15) is 18.1 Å². The average Bonchev–Trinajstić information content (AvgIpc) is 3.06. The zero-order valence-electron chi connectivity index (χ0n) is 14.8. The SMILES string of the molecule is COc1c(CNCC(OC)OC)cc(OC)c2sc(COC=O)cc12. The van der Waals surface area contributed by atoms with E-state index in [0.717, 1.165) is 32.0 Å². The number of rotatable bonds is 11. The van der Waals surface area contributed by atoms with Crippen LogP contribution in [0, 0.1) is 0 Å². The van der Waals surface area contributed by atoms with Crippen molar-refractivity contribution >= 4 is 27.9 Å². The Kier molecular flexibility index (Phi) is 7.45. The van der Waals surface area contributed by atoms with E-state index >= 15 is 0 Å². The van der Waals surface area contributed by atoms with Crippen LogP contribution in [0.1, 0.15) is 10.4 Å². The van der Waals surface area contributed by atoms with Gasteiger partial charge in [0, 0.05) is 43.1 Å². The third-order valence-electron chi connectivity index (χ3n) is 3.72. The van der Waals surface area contributed by atoms with Gasteiger partial charge in [0.25, 0.3) is 6.47 Å². The average molecular weight is 369 g/mol. The van der Waals surface area contributed by atoms with E-state index < -0.39 is 0 Å². The van der Waals surface area contributed by atoms with Crippen molar-refractivity contribution in [3.05, 3.63) is 22.6 Å². The Morgan fingerprint density at radius 1 is 1.16 bits per heavy atom. The van der Waals surface area contributed by atoms with Gasteiger partial charge in [-0.05, 0) is 12.1 Å². The first-order chi connectivity index (χ1) is 12.2. The molecule has 0 fully saturated rings. The van der Waals surface area contributed by atoms with Crippen molar-refractivity contribution in [1.82, 2.24) is 5.32 Å². The van der Waals surface area contributed by atoms with Crippen LogP contribution >= 0.6 is 11.3 Å². The van der Waals surface area contributed by atoms with Crippen LogP contribution in [0.25, 0.3) is 10.1 Å². The highest BCUT2D eigenvalue weighted by molar-refractivity contribution is 7.19. The standard InChI is InChI=1S/C17H23NO6S/c1-20-14-5-11(7-18-8-15(21-2)22-3)16(23-4)13-6-12(9-24-10-19)25-17(13)14/h5-6,10,15,18H,7-9H2,1-4H3. The molecule has 1 aromatic carbocycles. The lowest BCUT2D eigenvalue weighted by Gasteiger charge is -2.16. The van der Waals surface area contributed by atoms with Gasteiger partial charge in [-0.25, -0.2) is 0 Å². The predicted molar refractivity (Wildman–Crippen MR) is 95.3 cm³/mol. The van der Waals surface area contributed by atoms with Gasteiger partial charge in [0.2, 0.25) is 0 Å². The molecule has 2 aromatic rings. The van der Waals surface area contributed by atoms with Gasteiger partial charge < -0.3 is 29.0 Å². The minimum atomic E-state index is -0.315. The van der Waals surface area contributed by atoms with Crippen molar-refractivity contribution < 1.29 is 28.5 Å². The van der Waals surface area contributed by atoms with Crippen LogP contribution in [0.4, 0.5) is 0 Å². The number of nitrogens with one attached hydrogen (secondary N) is 1. The van der Waals surface area contributed by atoms with Crippen LogP contribution in [0.3, 0.4) is 0 Å². The maximum atomic E-state index is 10.4. The molecule has 0 bridgehead atoms. The normalized spacial score (nSPS) is 11.1. The first kappa shape index (κ1) is 19.5. The lowest BCUT2D eigenvalue weighted by atomic mass is 10.1. The largest absolute Gasteiger partial charge is 0.496 e. The second kappa shape index (κ2) is 9.57. The summed E-state index contributed by atoms with van der Waals surface area (Å²) in [5.41, 5.74) is 0.957.